The number of alkyl carbamates (subject to hydrolysis) is 1. The van der Waals surface area contributed by atoms with Gasteiger partial charge in [-0.25, -0.2) is 4.79 Å². The summed E-state index contributed by atoms with van der Waals surface area (Å²) in [5, 5.41) is 3.06. The van der Waals surface area contributed by atoms with Gasteiger partial charge in [-0.2, -0.15) is 0 Å². The summed E-state index contributed by atoms with van der Waals surface area (Å²) in [4.78, 5) is 41.5. The third-order valence-electron chi connectivity index (χ3n) is 16.0. The summed E-state index contributed by atoms with van der Waals surface area (Å²) in [7, 11) is -4.32. The fourth-order valence-electron chi connectivity index (χ4n) is 9.17. The molecule has 0 saturated heterocycles. The maximum absolute atomic E-state index is 13.5. The lowest BCUT2D eigenvalue weighted by Gasteiger charge is -2.42. The number of amides is 1. The Bertz CT molecular complexity index is 1390. The smallest absolute Gasteiger partial charge is 0.407 e. The van der Waals surface area contributed by atoms with Gasteiger partial charge in [0.25, 0.3) is 0 Å². The van der Waals surface area contributed by atoms with Crippen LogP contribution in [0.25, 0.3) is 0 Å². The van der Waals surface area contributed by atoms with Crippen LogP contribution in [-0.2, 0) is 32.7 Å². The van der Waals surface area contributed by atoms with Crippen LogP contribution < -0.4 is 5.32 Å². The predicted octanol–water partition coefficient (Wildman–Crippen LogP) is 18.8. The molecule has 0 radical (unpaired) electrons. The minimum absolute atomic E-state index is 0.0231. The molecule has 12 heteroatoms. The first-order valence-corrected chi connectivity index (χ1v) is 37.5. The van der Waals surface area contributed by atoms with Crippen LogP contribution in [-0.4, -0.2) is 96.8 Å². The van der Waals surface area contributed by atoms with Gasteiger partial charge in [0.05, 0.1) is 31.3 Å². The second kappa shape index (κ2) is 42.4. The third-order valence-corrected chi connectivity index (χ3v) is 25.1. The second-order valence-corrected chi connectivity index (χ2v) is 36.2. The summed E-state index contributed by atoms with van der Waals surface area (Å²) in [5.74, 6) is -0.0334. The molecule has 0 aromatic carbocycles. The number of hydrogen-bond donors (Lipinski definition) is 1. The molecule has 0 saturated carbocycles. The van der Waals surface area contributed by atoms with Gasteiger partial charge < -0.3 is 28.4 Å². The number of nitrogens with one attached hydrogen (secondary N) is 1. The molecule has 2 atom stereocenters. The van der Waals surface area contributed by atoms with Crippen molar-refractivity contribution in [2.75, 3.05) is 39.4 Å². The van der Waals surface area contributed by atoms with Crippen LogP contribution in [0.1, 0.15) is 289 Å². The lowest BCUT2D eigenvalue weighted by molar-refractivity contribution is -0.149. The molecular formula is C63H128N2O8Si2. The van der Waals surface area contributed by atoms with Crippen molar-refractivity contribution in [1.29, 1.82) is 0 Å². The number of nitrogens with zero attached hydrogens (tertiary/aromatic N) is 1. The molecule has 0 aliphatic carbocycles. The fraction of sp³-hybridized carbons (Fsp3) is 0.952. The number of rotatable bonds is 48. The van der Waals surface area contributed by atoms with Crippen LogP contribution in [0.15, 0.2) is 0 Å². The lowest BCUT2D eigenvalue weighted by Crippen LogP contribution is -2.50. The quantitative estimate of drug-likeness (QED) is 0.0275. The summed E-state index contributed by atoms with van der Waals surface area (Å²) in [5.41, 5.74) is -0.544. The van der Waals surface area contributed by atoms with Gasteiger partial charge in [-0.15, -0.1) is 0 Å². The molecule has 0 aromatic rings. The fourth-order valence-corrected chi connectivity index (χ4v) is 11.9. The zero-order valence-corrected chi connectivity index (χ0v) is 54.8. The first kappa shape index (κ1) is 73.5. The molecule has 0 fully saturated rings. The highest BCUT2D eigenvalue weighted by atomic mass is 28.4. The highest BCUT2D eigenvalue weighted by molar-refractivity contribution is 6.74. The van der Waals surface area contributed by atoms with Crippen molar-refractivity contribution in [2.24, 2.45) is 5.92 Å². The summed E-state index contributed by atoms with van der Waals surface area (Å²) in [6, 6.07) is 0. The average Bonchev–Trinajstić information content (AvgIpc) is 3.30. The molecule has 0 aliphatic heterocycles. The first-order chi connectivity index (χ1) is 35.3. The zero-order chi connectivity index (χ0) is 56.7. The van der Waals surface area contributed by atoms with Gasteiger partial charge in [-0.1, -0.05) is 197 Å². The van der Waals surface area contributed by atoms with Crippen LogP contribution in [0.4, 0.5) is 4.79 Å². The molecule has 446 valence electrons. The zero-order valence-electron chi connectivity index (χ0n) is 52.8. The number of unbranched alkanes of at least 4 members (excludes halogenated alkanes) is 21. The Morgan fingerprint density at radius 1 is 0.467 bits per heavy atom. The van der Waals surface area contributed by atoms with Crippen molar-refractivity contribution >= 4 is 34.7 Å². The van der Waals surface area contributed by atoms with E-state index in [9.17, 15) is 14.4 Å². The van der Waals surface area contributed by atoms with Gasteiger partial charge in [0.2, 0.25) is 0 Å². The topological polar surface area (TPSA) is 113 Å². The number of esters is 2. The molecule has 1 amide bonds. The normalized spacial score (nSPS) is 13.6. The Kier molecular flexibility index (Phi) is 41.6. The minimum Gasteiger partial charge on any atom is -0.466 e. The van der Waals surface area contributed by atoms with Gasteiger partial charge in [0, 0.05) is 26.1 Å². The SMILES string of the molecule is CCCCCCCCCCCC(=O)OCCCC(CN(CCCCNC(=O)OC(C)(C)C)CC(CCCCCOC(=O)C(CCCCCCCC)CCCCCCCC)O[Si](C)(C)C(C)(C)C)O[Si](C)(C)C(C)(C)C. The van der Waals surface area contributed by atoms with Crippen molar-refractivity contribution in [1.82, 2.24) is 10.2 Å². The number of carbonyl (C=O) groups is 3. The van der Waals surface area contributed by atoms with E-state index in [2.05, 4.69) is 98.7 Å². The van der Waals surface area contributed by atoms with E-state index in [0.717, 1.165) is 110 Å². The van der Waals surface area contributed by atoms with Crippen molar-refractivity contribution in [2.45, 2.75) is 343 Å². The summed E-state index contributed by atoms with van der Waals surface area (Å²) >= 11 is 0. The van der Waals surface area contributed by atoms with E-state index in [1.165, 1.54) is 109 Å². The average molecular weight is 1100 g/mol. The van der Waals surface area contributed by atoms with Gasteiger partial charge in [0.15, 0.2) is 16.6 Å². The Morgan fingerprint density at radius 2 is 0.867 bits per heavy atom. The van der Waals surface area contributed by atoms with Crippen LogP contribution in [0.3, 0.4) is 0 Å². The van der Waals surface area contributed by atoms with Crippen LogP contribution in [0.5, 0.6) is 0 Å². The van der Waals surface area contributed by atoms with Crippen molar-refractivity contribution < 1.29 is 37.4 Å². The molecule has 2 unspecified atom stereocenters. The van der Waals surface area contributed by atoms with E-state index in [1.54, 1.807) is 0 Å². The third kappa shape index (κ3) is 40.4. The van der Waals surface area contributed by atoms with Gasteiger partial charge >= 0.3 is 18.0 Å². The molecule has 0 aromatic heterocycles. The number of carbonyl (C=O) groups excluding carboxylic acids is 3. The Balaban J connectivity index is 6.10. The predicted molar refractivity (Wildman–Crippen MR) is 325 cm³/mol. The molecule has 0 aliphatic rings. The second-order valence-electron chi connectivity index (χ2n) is 26.7. The highest BCUT2D eigenvalue weighted by Gasteiger charge is 2.41. The number of ether oxygens (including phenoxy) is 3. The van der Waals surface area contributed by atoms with Gasteiger partial charge in [-0.05, 0) is 128 Å². The molecule has 10 nitrogen and oxygen atoms in total. The molecule has 0 spiro atoms. The maximum Gasteiger partial charge on any atom is 0.407 e. The van der Waals surface area contributed by atoms with E-state index in [-0.39, 0.29) is 46.2 Å². The molecule has 0 heterocycles. The van der Waals surface area contributed by atoms with Crippen LogP contribution in [0, 0.1) is 5.92 Å². The minimum atomic E-state index is -2.17. The van der Waals surface area contributed by atoms with Crippen LogP contribution >= 0.6 is 0 Å². The van der Waals surface area contributed by atoms with E-state index < -0.39 is 22.2 Å². The molecule has 1 N–H and O–H groups in total. The monoisotopic (exact) mass is 1100 g/mol. The maximum atomic E-state index is 13.5. The van der Waals surface area contributed by atoms with Crippen LogP contribution in [0.2, 0.25) is 36.3 Å². The van der Waals surface area contributed by atoms with E-state index in [4.69, 9.17) is 23.1 Å². The van der Waals surface area contributed by atoms with Crippen molar-refractivity contribution in [3.8, 4) is 0 Å². The molecule has 75 heavy (non-hydrogen) atoms. The molecule has 0 rings (SSSR count). The Hall–Kier alpha value is -1.48. The number of hydrogen-bond acceptors (Lipinski definition) is 9. The Morgan fingerprint density at radius 3 is 1.32 bits per heavy atom. The van der Waals surface area contributed by atoms with E-state index in [0.29, 0.717) is 26.2 Å². The summed E-state index contributed by atoms with van der Waals surface area (Å²) < 4.78 is 32.0. The standard InChI is InChI=1S/C63H128N2O8Si2/c1-17-20-23-26-29-30-31-34-39-48-58(66)69-52-43-47-57(73-75(15,16)63(10,11)12)54-65(50-41-40-49-64-60(68)71-61(4,5)6)53-56(72-74(13,14)62(7,8)9)46-38-35-42-51-70-59(67)55(44-36-32-27-24-21-18-2)45-37-33-28-25-22-19-3/h55-57H,17-54H2,1-16H3,(H,64,68). The van der Waals surface area contributed by atoms with E-state index >= 15 is 0 Å². The summed E-state index contributed by atoms with van der Waals surface area (Å²) in [6.07, 6.45) is 35.0. The van der Waals surface area contributed by atoms with Crippen molar-refractivity contribution in [3.63, 3.8) is 0 Å². The molecular weight excluding hydrogens is 969 g/mol. The lowest BCUT2D eigenvalue weighted by atomic mass is 9.94. The van der Waals surface area contributed by atoms with Gasteiger partial charge in [-0.3, -0.25) is 14.5 Å². The Labute approximate surface area is 468 Å². The highest BCUT2D eigenvalue weighted by Crippen LogP contribution is 2.39. The molecule has 0 bridgehead atoms. The van der Waals surface area contributed by atoms with E-state index in [1.807, 2.05) is 20.8 Å². The van der Waals surface area contributed by atoms with Crippen molar-refractivity contribution in [3.05, 3.63) is 0 Å². The summed E-state index contributed by atoms with van der Waals surface area (Å²) in [6.45, 7) is 39.5. The first-order valence-electron chi connectivity index (χ1n) is 31.7. The largest absolute Gasteiger partial charge is 0.466 e. The van der Waals surface area contributed by atoms with Gasteiger partial charge in [0.1, 0.15) is 5.60 Å².